The summed E-state index contributed by atoms with van der Waals surface area (Å²) in [5.74, 6) is 0.557. The molecule has 4 aromatic rings. The molecule has 0 saturated carbocycles. The molecule has 2 N–H and O–H groups in total. The van der Waals surface area contributed by atoms with Gasteiger partial charge in [0.1, 0.15) is 5.75 Å². The second-order valence-electron chi connectivity index (χ2n) is 6.78. The lowest BCUT2D eigenvalue weighted by Crippen LogP contribution is -2.13. The fourth-order valence-corrected chi connectivity index (χ4v) is 4.24. The van der Waals surface area contributed by atoms with Crippen molar-refractivity contribution in [2.24, 2.45) is 0 Å². The first-order chi connectivity index (χ1) is 13.9. The summed E-state index contributed by atoms with van der Waals surface area (Å²) in [4.78, 5) is 4.50. The number of ether oxygens (including phenoxy) is 1. The van der Waals surface area contributed by atoms with Crippen LogP contribution in [0, 0.1) is 13.8 Å². The monoisotopic (exact) mass is 408 g/mol. The molecule has 0 spiro atoms. The van der Waals surface area contributed by atoms with Gasteiger partial charge in [0, 0.05) is 34.1 Å². The average molecular weight is 408 g/mol. The minimum atomic E-state index is -3.77. The van der Waals surface area contributed by atoms with Gasteiger partial charge < -0.3 is 4.74 Å². The highest BCUT2D eigenvalue weighted by molar-refractivity contribution is 7.92. The van der Waals surface area contributed by atoms with Crippen LogP contribution in [-0.2, 0) is 10.0 Å². The number of hydrogen-bond acceptors (Lipinski definition) is 5. The second-order valence-corrected chi connectivity index (χ2v) is 8.46. The number of anilines is 1. The molecule has 2 aromatic heterocycles. The van der Waals surface area contributed by atoms with Gasteiger partial charge in [0.2, 0.25) is 0 Å². The third kappa shape index (κ3) is 3.66. The summed E-state index contributed by atoms with van der Waals surface area (Å²) in [6, 6.07) is 13.9. The van der Waals surface area contributed by atoms with Gasteiger partial charge in [0.05, 0.1) is 12.0 Å². The molecule has 8 heteroatoms. The minimum absolute atomic E-state index is 0.138. The van der Waals surface area contributed by atoms with Gasteiger partial charge in [-0.25, -0.2) is 13.4 Å². The lowest BCUT2D eigenvalue weighted by molar-refractivity contribution is 0.416. The van der Waals surface area contributed by atoms with Crippen LogP contribution >= 0.6 is 0 Å². The van der Waals surface area contributed by atoms with Gasteiger partial charge in [0.25, 0.3) is 10.0 Å². The summed E-state index contributed by atoms with van der Waals surface area (Å²) < 4.78 is 34.0. The largest absolute Gasteiger partial charge is 0.496 e. The van der Waals surface area contributed by atoms with Crippen molar-refractivity contribution in [3.8, 4) is 16.9 Å². The molecule has 0 saturated heterocycles. The molecule has 7 nitrogen and oxygen atoms in total. The molecule has 0 unspecified atom stereocenters. The van der Waals surface area contributed by atoms with E-state index in [-0.39, 0.29) is 4.90 Å². The number of aromatic nitrogens is 3. The minimum Gasteiger partial charge on any atom is -0.496 e. The van der Waals surface area contributed by atoms with E-state index >= 15 is 0 Å². The molecule has 2 aromatic carbocycles. The number of nitrogens with zero attached hydrogens (tertiary/aromatic N) is 2. The van der Waals surface area contributed by atoms with E-state index < -0.39 is 10.0 Å². The molecular weight excluding hydrogens is 388 g/mol. The molecule has 0 amide bonds. The molecule has 29 heavy (non-hydrogen) atoms. The zero-order valence-electron chi connectivity index (χ0n) is 16.2. The first-order valence-corrected chi connectivity index (χ1v) is 10.4. The van der Waals surface area contributed by atoms with E-state index in [0.717, 1.165) is 22.2 Å². The molecule has 4 rings (SSSR count). The highest BCUT2D eigenvalue weighted by Gasteiger charge is 2.18. The van der Waals surface area contributed by atoms with Crippen molar-refractivity contribution in [2.75, 3.05) is 11.8 Å². The smallest absolute Gasteiger partial charge is 0.261 e. The fourth-order valence-electron chi connectivity index (χ4n) is 3.17. The Kier molecular flexibility index (Phi) is 4.71. The van der Waals surface area contributed by atoms with E-state index in [1.165, 1.54) is 6.07 Å². The molecule has 0 aliphatic carbocycles. The van der Waals surface area contributed by atoms with Crippen molar-refractivity contribution in [3.63, 3.8) is 0 Å². The molecule has 2 heterocycles. The van der Waals surface area contributed by atoms with Crippen molar-refractivity contribution in [1.82, 2.24) is 15.2 Å². The van der Waals surface area contributed by atoms with Crippen LogP contribution < -0.4 is 9.46 Å². The number of nitrogens with one attached hydrogen (secondary N) is 2. The van der Waals surface area contributed by atoms with Crippen molar-refractivity contribution in [2.45, 2.75) is 18.7 Å². The van der Waals surface area contributed by atoms with Gasteiger partial charge in [0.15, 0.2) is 5.65 Å². The van der Waals surface area contributed by atoms with Crippen LogP contribution in [0.4, 0.5) is 5.69 Å². The predicted octanol–water partition coefficient (Wildman–Crippen LogP) is 4.05. The lowest BCUT2D eigenvalue weighted by Gasteiger charge is -2.13. The Labute approximate surface area is 168 Å². The number of aromatic amines is 1. The Morgan fingerprint density at radius 3 is 2.66 bits per heavy atom. The topological polar surface area (TPSA) is 97.0 Å². The van der Waals surface area contributed by atoms with Crippen LogP contribution in [0.5, 0.6) is 5.75 Å². The van der Waals surface area contributed by atoms with E-state index in [4.69, 9.17) is 4.74 Å². The van der Waals surface area contributed by atoms with E-state index in [1.54, 1.807) is 43.6 Å². The molecule has 0 bridgehead atoms. The number of benzene rings is 2. The summed E-state index contributed by atoms with van der Waals surface area (Å²) in [6.07, 6.45) is 1.66. The molecule has 0 aliphatic rings. The summed E-state index contributed by atoms with van der Waals surface area (Å²) >= 11 is 0. The maximum atomic E-state index is 12.9. The maximum Gasteiger partial charge on any atom is 0.261 e. The van der Waals surface area contributed by atoms with Gasteiger partial charge in [-0.15, -0.1) is 0 Å². The highest BCUT2D eigenvalue weighted by atomic mass is 32.2. The number of hydrogen-bond donors (Lipinski definition) is 2. The molecular formula is C21H20N4O3S. The molecule has 148 valence electrons. The van der Waals surface area contributed by atoms with Crippen molar-refractivity contribution in [1.29, 1.82) is 0 Å². The summed E-state index contributed by atoms with van der Waals surface area (Å²) in [5.41, 5.74) is 4.35. The first-order valence-electron chi connectivity index (χ1n) is 8.96. The third-order valence-electron chi connectivity index (χ3n) is 4.66. The predicted molar refractivity (Wildman–Crippen MR) is 113 cm³/mol. The summed E-state index contributed by atoms with van der Waals surface area (Å²) in [7, 11) is -2.22. The zero-order chi connectivity index (χ0) is 20.6. The van der Waals surface area contributed by atoms with Gasteiger partial charge >= 0.3 is 0 Å². The normalized spacial score (nSPS) is 11.6. The Bertz CT molecular complexity index is 1310. The number of fused-ring (bicyclic) bond motifs is 1. The average Bonchev–Trinajstić information content (AvgIpc) is 3.07. The van der Waals surface area contributed by atoms with Gasteiger partial charge in [-0.2, -0.15) is 5.10 Å². The van der Waals surface area contributed by atoms with E-state index in [1.807, 2.05) is 26.0 Å². The van der Waals surface area contributed by atoms with E-state index in [0.29, 0.717) is 22.6 Å². The van der Waals surface area contributed by atoms with E-state index in [2.05, 4.69) is 19.9 Å². The van der Waals surface area contributed by atoms with Crippen LogP contribution in [0.25, 0.3) is 22.2 Å². The Morgan fingerprint density at radius 2 is 1.90 bits per heavy atom. The number of pyridine rings is 1. The molecule has 0 atom stereocenters. The van der Waals surface area contributed by atoms with Gasteiger partial charge in [-0.1, -0.05) is 12.1 Å². The van der Waals surface area contributed by atoms with Crippen LogP contribution in [0.15, 0.2) is 59.6 Å². The van der Waals surface area contributed by atoms with Crippen LogP contribution in [0.1, 0.15) is 11.3 Å². The number of H-pyrrole nitrogens is 1. The second kappa shape index (κ2) is 7.21. The maximum absolute atomic E-state index is 12.9. The van der Waals surface area contributed by atoms with Crippen LogP contribution in [-0.4, -0.2) is 30.7 Å². The van der Waals surface area contributed by atoms with Gasteiger partial charge in [-0.3, -0.25) is 9.82 Å². The zero-order valence-corrected chi connectivity index (χ0v) is 17.0. The Hall–Kier alpha value is -3.39. The van der Waals surface area contributed by atoms with Crippen molar-refractivity contribution in [3.05, 3.63) is 66.0 Å². The highest BCUT2D eigenvalue weighted by Crippen LogP contribution is 2.34. The Balaban J connectivity index is 1.79. The number of methoxy groups -OCH3 is 1. The Morgan fingerprint density at radius 1 is 1.07 bits per heavy atom. The van der Waals surface area contributed by atoms with Crippen LogP contribution in [0.2, 0.25) is 0 Å². The number of sulfonamides is 1. The first kappa shape index (κ1) is 18.9. The number of rotatable bonds is 5. The molecule has 0 fully saturated rings. The summed E-state index contributed by atoms with van der Waals surface area (Å²) in [5, 5.41) is 7.91. The lowest BCUT2D eigenvalue weighted by atomic mass is 10.1. The van der Waals surface area contributed by atoms with Gasteiger partial charge in [-0.05, 0) is 55.8 Å². The van der Waals surface area contributed by atoms with Crippen LogP contribution in [0.3, 0.4) is 0 Å². The van der Waals surface area contributed by atoms with E-state index in [9.17, 15) is 8.42 Å². The van der Waals surface area contributed by atoms with Crippen molar-refractivity contribution < 1.29 is 13.2 Å². The third-order valence-corrected chi connectivity index (χ3v) is 6.04. The molecule has 0 aliphatic heterocycles. The summed E-state index contributed by atoms with van der Waals surface area (Å²) in [6.45, 7) is 3.81. The SMILES string of the molecule is COc1ccc(S(=O)(=O)Nc2cccc(C)c2)cc1-c1cnc2n[nH]c(C)c2c1. The number of aryl methyl sites for hydroxylation is 2. The standard InChI is InChI=1S/C21H20N4O3S/c1-13-5-4-6-16(9-13)25-29(26,27)17-7-8-20(28-3)19(11-17)15-10-18-14(2)23-24-21(18)22-12-15/h4-12,25H,1-3H3,(H,22,23,24). The fraction of sp³-hybridized carbons (Fsp3) is 0.143. The quantitative estimate of drug-likeness (QED) is 0.519. The van der Waals surface area contributed by atoms with Crippen molar-refractivity contribution >= 4 is 26.7 Å². The molecule has 0 radical (unpaired) electrons.